The minimum Gasteiger partial charge on any atom is -0.303 e. The van der Waals surface area contributed by atoms with Crippen LogP contribution in [-0.2, 0) is 4.79 Å². The summed E-state index contributed by atoms with van der Waals surface area (Å²) in [5, 5.41) is 0. The quantitative estimate of drug-likeness (QED) is 0.634. The van der Waals surface area contributed by atoms with Crippen LogP contribution in [0.25, 0.3) is 0 Å². The molecule has 0 heterocycles. The molecular formula is C15H29NO. The van der Waals surface area contributed by atoms with Crippen molar-refractivity contribution in [3.63, 3.8) is 0 Å². The summed E-state index contributed by atoms with van der Waals surface area (Å²) in [5.74, 6) is 0.748. The molecular weight excluding hydrogens is 210 g/mol. The van der Waals surface area contributed by atoms with Crippen molar-refractivity contribution in [2.75, 3.05) is 13.1 Å². The Morgan fingerprint density at radius 3 is 2.35 bits per heavy atom. The first-order valence-corrected chi connectivity index (χ1v) is 7.15. The number of nitrogens with zero attached hydrogens (tertiary/aromatic N) is 1. The van der Waals surface area contributed by atoms with E-state index in [9.17, 15) is 4.79 Å². The molecule has 0 atom stereocenters. The summed E-state index contributed by atoms with van der Waals surface area (Å²) >= 11 is 0. The standard InChI is InChI=1S/C15H29NO/c1-13(2)9-10-16(11-15(3,4)12-17)14-7-5-6-8-14/h12-14H,5-11H2,1-4H3. The van der Waals surface area contributed by atoms with Gasteiger partial charge in [-0.15, -0.1) is 0 Å². The molecule has 1 fully saturated rings. The highest BCUT2D eigenvalue weighted by Gasteiger charge is 2.28. The van der Waals surface area contributed by atoms with E-state index in [-0.39, 0.29) is 5.41 Å². The molecule has 100 valence electrons. The molecule has 0 aromatic heterocycles. The fraction of sp³-hybridized carbons (Fsp3) is 0.933. The van der Waals surface area contributed by atoms with E-state index in [4.69, 9.17) is 0 Å². The largest absolute Gasteiger partial charge is 0.303 e. The van der Waals surface area contributed by atoms with Gasteiger partial charge in [0.15, 0.2) is 0 Å². The van der Waals surface area contributed by atoms with Crippen molar-refractivity contribution in [3.8, 4) is 0 Å². The van der Waals surface area contributed by atoms with Crippen LogP contribution in [0.15, 0.2) is 0 Å². The lowest BCUT2D eigenvalue weighted by atomic mass is 9.93. The molecule has 0 radical (unpaired) electrons. The zero-order valence-corrected chi connectivity index (χ0v) is 12.0. The Hall–Kier alpha value is -0.370. The second-order valence-corrected chi connectivity index (χ2v) is 6.70. The minimum atomic E-state index is -0.195. The number of carbonyl (C=O) groups excluding carboxylic acids is 1. The van der Waals surface area contributed by atoms with Gasteiger partial charge < -0.3 is 4.79 Å². The average Bonchev–Trinajstić information content (AvgIpc) is 2.77. The van der Waals surface area contributed by atoms with Gasteiger partial charge in [-0.2, -0.15) is 0 Å². The molecule has 0 aromatic rings. The predicted octanol–water partition coefficient (Wildman–Crippen LogP) is 3.50. The third-order valence-corrected chi connectivity index (χ3v) is 3.76. The molecule has 0 bridgehead atoms. The van der Waals surface area contributed by atoms with Crippen LogP contribution in [0.1, 0.15) is 59.8 Å². The molecule has 1 rings (SSSR count). The highest BCUT2D eigenvalue weighted by molar-refractivity contribution is 5.58. The molecule has 0 aliphatic heterocycles. The van der Waals surface area contributed by atoms with Crippen molar-refractivity contribution < 1.29 is 4.79 Å². The van der Waals surface area contributed by atoms with E-state index in [1.165, 1.54) is 32.1 Å². The van der Waals surface area contributed by atoms with Gasteiger partial charge in [0.1, 0.15) is 6.29 Å². The third-order valence-electron chi connectivity index (χ3n) is 3.76. The topological polar surface area (TPSA) is 20.3 Å². The van der Waals surface area contributed by atoms with Crippen LogP contribution < -0.4 is 0 Å². The number of hydrogen-bond acceptors (Lipinski definition) is 2. The highest BCUT2D eigenvalue weighted by Crippen LogP contribution is 2.27. The molecule has 2 nitrogen and oxygen atoms in total. The number of rotatable bonds is 7. The summed E-state index contributed by atoms with van der Waals surface area (Å²) in [4.78, 5) is 13.7. The average molecular weight is 239 g/mol. The van der Waals surface area contributed by atoms with Crippen LogP contribution in [-0.4, -0.2) is 30.3 Å². The number of carbonyl (C=O) groups is 1. The molecule has 0 saturated heterocycles. The van der Waals surface area contributed by atoms with Gasteiger partial charge in [-0.05, 0) is 31.7 Å². The first-order chi connectivity index (χ1) is 7.94. The molecule has 0 aromatic carbocycles. The number of hydrogen-bond donors (Lipinski definition) is 0. The summed E-state index contributed by atoms with van der Waals surface area (Å²) in [6.07, 6.45) is 7.74. The van der Waals surface area contributed by atoms with Crippen LogP contribution in [0.3, 0.4) is 0 Å². The summed E-state index contributed by atoms with van der Waals surface area (Å²) in [6, 6.07) is 0.730. The van der Waals surface area contributed by atoms with E-state index >= 15 is 0 Å². The second-order valence-electron chi connectivity index (χ2n) is 6.70. The maximum absolute atomic E-state index is 11.1. The maximum Gasteiger partial charge on any atom is 0.126 e. The van der Waals surface area contributed by atoms with Crippen molar-refractivity contribution in [3.05, 3.63) is 0 Å². The monoisotopic (exact) mass is 239 g/mol. The summed E-state index contributed by atoms with van der Waals surface area (Å²) in [5.41, 5.74) is -0.195. The fourth-order valence-corrected chi connectivity index (χ4v) is 2.64. The van der Waals surface area contributed by atoms with Crippen LogP contribution in [0.4, 0.5) is 0 Å². The van der Waals surface area contributed by atoms with Crippen molar-refractivity contribution in [2.24, 2.45) is 11.3 Å². The molecule has 0 unspecified atom stereocenters. The zero-order chi connectivity index (χ0) is 12.9. The molecule has 0 N–H and O–H groups in total. The van der Waals surface area contributed by atoms with E-state index in [2.05, 4.69) is 32.6 Å². The van der Waals surface area contributed by atoms with E-state index < -0.39 is 0 Å². The lowest BCUT2D eigenvalue weighted by Gasteiger charge is -2.34. The van der Waals surface area contributed by atoms with Crippen LogP contribution >= 0.6 is 0 Å². The van der Waals surface area contributed by atoms with Gasteiger partial charge in [-0.3, -0.25) is 4.90 Å². The van der Waals surface area contributed by atoms with Gasteiger partial charge in [0.05, 0.1) is 0 Å². The predicted molar refractivity (Wildman–Crippen MR) is 73.1 cm³/mol. The Morgan fingerprint density at radius 2 is 1.88 bits per heavy atom. The van der Waals surface area contributed by atoms with E-state index in [0.29, 0.717) is 0 Å². The van der Waals surface area contributed by atoms with E-state index in [1.54, 1.807) is 0 Å². The smallest absolute Gasteiger partial charge is 0.126 e. The van der Waals surface area contributed by atoms with Gasteiger partial charge in [0, 0.05) is 18.0 Å². The lowest BCUT2D eigenvalue weighted by molar-refractivity contribution is -0.115. The molecule has 0 spiro atoms. The zero-order valence-electron chi connectivity index (χ0n) is 12.0. The molecule has 1 aliphatic carbocycles. The summed E-state index contributed by atoms with van der Waals surface area (Å²) in [7, 11) is 0. The molecule has 2 heteroatoms. The normalized spacial score (nSPS) is 18.2. The van der Waals surface area contributed by atoms with Crippen LogP contribution in [0.5, 0.6) is 0 Å². The maximum atomic E-state index is 11.1. The Balaban J connectivity index is 2.54. The molecule has 0 amide bonds. The Kier molecular flexibility index (Phi) is 5.64. The summed E-state index contributed by atoms with van der Waals surface area (Å²) < 4.78 is 0. The van der Waals surface area contributed by atoms with Crippen molar-refractivity contribution in [1.82, 2.24) is 4.90 Å². The Bertz CT molecular complexity index is 229. The SMILES string of the molecule is CC(C)CCN(CC(C)(C)C=O)C1CCCC1. The lowest BCUT2D eigenvalue weighted by Crippen LogP contribution is -2.42. The second kappa shape index (κ2) is 6.53. The van der Waals surface area contributed by atoms with Gasteiger partial charge in [0.2, 0.25) is 0 Å². The Labute approximate surface area is 107 Å². The highest BCUT2D eigenvalue weighted by atomic mass is 16.1. The first kappa shape index (κ1) is 14.7. The van der Waals surface area contributed by atoms with Crippen molar-refractivity contribution >= 4 is 6.29 Å². The van der Waals surface area contributed by atoms with E-state index in [1.807, 2.05) is 0 Å². The molecule has 1 saturated carbocycles. The Morgan fingerprint density at radius 1 is 1.29 bits per heavy atom. The first-order valence-electron chi connectivity index (χ1n) is 7.15. The molecule has 17 heavy (non-hydrogen) atoms. The van der Waals surface area contributed by atoms with E-state index in [0.717, 1.165) is 31.3 Å². The summed E-state index contributed by atoms with van der Waals surface area (Å²) in [6.45, 7) is 10.7. The van der Waals surface area contributed by atoms with Crippen molar-refractivity contribution in [2.45, 2.75) is 65.8 Å². The molecule has 1 aliphatic rings. The van der Waals surface area contributed by atoms with Gasteiger partial charge in [-0.25, -0.2) is 0 Å². The van der Waals surface area contributed by atoms with Crippen molar-refractivity contribution in [1.29, 1.82) is 0 Å². The van der Waals surface area contributed by atoms with Gasteiger partial charge >= 0.3 is 0 Å². The minimum absolute atomic E-state index is 0.195. The van der Waals surface area contributed by atoms with Crippen LogP contribution in [0.2, 0.25) is 0 Å². The van der Waals surface area contributed by atoms with Gasteiger partial charge in [-0.1, -0.05) is 40.5 Å². The van der Waals surface area contributed by atoms with Crippen LogP contribution in [0, 0.1) is 11.3 Å². The number of aldehydes is 1. The third kappa shape index (κ3) is 5.20. The fourth-order valence-electron chi connectivity index (χ4n) is 2.64. The van der Waals surface area contributed by atoms with Gasteiger partial charge in [0.25, 0.3) is 0 Å².